The van der Waals surface area contributed by atoms with Gasteiger partial charge in [-0.15, -0.1) is 5.73 Å². The van der Waals surface area contributed by atoms with E-state index in [-0.39, 0.29) is 5.91 Å². The molecule has 0 radical (unpaired) electrons. The molecule has 0 unspecified atom stereocenters. The molecule has 7 heteroatoms. The Morgan fingerprint density at radius 3 is 2.93 bits per heavy atom. The molecule has 1 aromatic heterocycles. The molecule has 4 rings (SSSR count). The van der Waals surface area contributed by atoms with Gasteiger partial charge in [0.1, 0.15) is 5.75 Å². The Bertz CT molecular complexity index is 947. The van der Waals surface area contributed by atoms with E-state index < -0.39 is 5.95 Å². The van der Waals surface area contributed by atoms with Crippen LogP contribution in [0.1, 0.15) is 25.3 Å². The van der Waals surface area contributed by atoms with Gasteiger partial charge in [-0.3, -0.25) is 9.79 Å². The lowest BCUT2D eigenvalue weighted by Crippen LogP contribution is -2.34. The number of nitrogens with one attached hydrogen (secondary N) is 2. The zero-order valence-corrected chi connectivity index (χ0v) is 15.6. The summed E-state index contributed by atoms with van der Waals surface area (Å²) in [7, 11) is 0. The second kappa shape index (κ2) is 9.54. The number of amides is 1. The average molecular weight is 380 g/mol. The predicted molar refractivity (Wildman–Crippen MR) is 105 cm³/mol. The van der Waals surface area contributed by atoms with Gasteiger partial charge in [-0.25, -0.2) is 4.98 Å². The normalized spacial score (nSPS) is 17.6. The first-order valence-electron chi connectivity index (χ1n) is 9.10. The highest BCUT2D eigenvalue weighted by molar-refractivity contribution is 6.00. The fraction of sp³-hybridized carbons (Fsp3) is 0.333. The number of halogens is 1. The quantitative estimate of drug-likeness (QED) is 0.410. The molecule has 0 fully saturated rings. The van der Waals surface area contributed by atoms with E-state index in [1.54, 1.807) is 25.1 Å². The Morgan fingerprint density at radius 2 is 2.11 bits per heavy atom. The van der Waals surface area contributed by atoms with E-state index in [1.807, 2.05) is 0 Å². The van der Waals surface area contributed by atoms with Crippen molar-refractivity contribution in [1.29, 1.82) is 0 Å². The minimum atomic E-state index is -0.568. The minimum absolute atomic E-state index is 0.0523. The summed E-state index contributed by atoms with van der Waals surface area (Å²) in [6.07, 6.45) is 5.69. The Kier molecular flexibility index (Phi) is 6.61. The zero-order valence-electron chi connectivity index (χ0n) is 15.6. The van der Waals surface area contributed by atoms with Crippen LogP contribution in [0, 0.1) is 17.8 Å². The fourth-order valence-corrected chi connectivity index (χ4v) is 2.59. The van der Waals surface area contributed by atoms with Crippen molar-refractivity contribution < 1.29 is 13.9 Å². The standard InChI is InChI=1S/C21H21FN4O2/c1-15-4-2-5-16-7-8-19(25-13-16)23-9-10-24-20(27)6-3-11-28-17-12-18(15)21(22)26-14-17/h2,4,12,14H,3,6,9-11,13H2,1H3,(H,23,25)(H,24,27). The van der Waals surface area contributed by atoms with E-state index in [9.17, 15) is 9.18 Å². The van der Waals surface area contributed by atoms with E-state index in [2.05, 4.69) is 38.2 Å². The molecule has 0 aliphatic carbocycles. The van der Waals surface area contributed by atoms with Gasteiger partial charge >= 0.3 is 0 Å². The summed E-state index contributed by atoms with van der Waals surface area (Å²) in [4.78, 5) is 20.0. The summed E-state index contributed by atoms with van der Waals surface area (Å²) in [5.74, 6) is 6.36. The van der Waals surface area contributed by atoms with Gasteiger partial charge in [0.15, 0.2) is 5.84 Å². The highest BCUT2D eigenvalue weighted by atomic mass is 19.1. The molecule has 0 saturated heterocycles. The van der Waals surface area contributed by atoms with Crippen LogP contribution in [0.25, 0.3) is 5.57 Å². The van der Waals surface area contributed by atoms with Crippen LogP contribution in [0.3, 0.4) is 0 Å². The molecule has 1 amide bonds. The number of pyridine rings is 1. The van der Waals surface area contributed by atoms with E-state index >= 15 is 0 Å². The second-order valence-electron chi connectivity index (χ2n) is 6.29. The number of carbonyl (C=O) groups is 1. The van der Waals surface area contributed by atoms with Gasteiger partial charge in [0, 0.05) is 25.1 Å². The van der Waals surface area contributed by atoms with Crippen molar-refractivity contribution in [2.45, 2.75) is 19.8 Å². The molecule has 2 N–H and O–H groups in total. The summed E-state index contributed by atoms with van der Waals surface area (Å²) in [6, 6.07) is 1.61. The van der Waals surface area contributed by atoms with Crippen LogP contribution in [-0.4, -0.2) is 43.0 Å². The number of ether oxygens (including phenoxy) is 1. The smallest absolute Gasteiger partial charge is 0.220 e. The molecule has 4 heterocycles. The Morgan fingerprint density at radius 1 is 1.25 bits per heavy atom. The van der Waals surface area contributed by atoms with Gasteiger partial charge < -0.3 is 15.4 Å². The first-order valence-corrected chi connectivity index (χ1v) is 9.10. The number of hydrogen-bond donors (Lipinski definition) is 2. The van der Waals surface area contributed by atoms with Crippen molar-refractivity contribution >= 4 is 17.3 Å². The number of hydrogen-bond acceptors (Lipinski definition) is 5. The third-order valence-corrected chi connectivity index (χ3v) is 4.11. The van der Waals surface area contributed by atoms with Gasteiger partial charge in [0.2, 0.25) is 11.9 Å². The maximum Gasteiger partial charge on any atom is 0.220 e. The molecular weight excluding hydrogens is 359 g/mol. The molecule has 0 saturated carbocycles. The molecule has 144 valence electrons. The summed E-state index contributed by atoms with van der Waals surface area (Å²) in [5.41, 5.74) is 4.85. The van der Waals surface area contributed by atoms with Crippen LogP contribution in [0.4, 0.5) is 4.39 Å². The van der Waals surface area contributed by atoms with Crippen molar-refractivity contribution in [3.8, 4) is 17.6 Å². The van der Waals surface area contributed by atoms with Crippen molar-refractivity contribution in [3.05, 3.63) is 47.2 Å². The molecule has 4 bridgehead atoms. The van der Waals surface area contributed by atoms with Crippen molar-refractivity contribution in [2.75, 3.05) is 26.2 Å². The lowest BCUT2D eigenvalue weighted by molar-refractivity contribution is -0.121. The molecule has 0 aromatic carbocycles. The number of aromatic nitrogens is 1. The van der Waals surface area contributed by atoms with Crippen LogP contribution >= 0.6 is 0 Å². The number of amidine groups is 1. The topological polar surface area (TPSA) is 75.6 Å². The van der Waals surface area contributed by atoms with E-state index in [1.165, 1.54) is 6.20 Å². The molecule has 1 aromatic rings. The summed E-state index contributed by atoms with van der Waals surface area (Å²) in [6.45, 7) is 3.59. The summed E-state index contributed by atoms with van der Waals surface area (Å²) in [5, 5.41) is 5.92. The van der Waals surface area contributed by atoms with Gasteiger partial charge in [-0.1, -0.05) is 12.0 Å². The highest BCUT2D eigenvalue weighted by Crippen LogP contribution is 2.21. The number of aliphatic imine (C=N–C) groups is 1. The van der Waals surface area contributed by atoms with Crippen molar-refractivity contribution in [2.24, 2.45) is 4.99 Å². The predicted octanol–water partition coefficient (Wildman–Crippen LogP) is 2.00. The lowest BCUT2D eigenvalue weighted by Gasteiger charge is -2.10. The number of allylic oxidation sites excluding steroid dienone is 2. The second-order valence-corrected chi connectivity index (χ2v) is 6.29. The molecule has 0 spiro atoms. The molecule has 0 atom stereocenters. The Balaban J connectivity index is 1.84. The molecule has 3 aliphatic heterocycles. The van der Waals surface area contributed by atoms with Crippen LogP contribution < -0.4 is 15.4 Å². The Hall–Kier alpha value is -3.36. The van der Waals surface area contributed by atoms with Crippen molar-refractivity contribution in [3.63, 3.8) is 0 Å². The third kappa shape index (κ3) is 5.57. The number of rotatable bonds is 0. The van der Waals surface area contributed by atoms with Gasteiger partial charge in [0.05, 0.1) is 24.9 Å². The van der Waals surface area contributed by atoms with Crippen molar-refractivity contribution in [1.82, 2.24) is 15.6 Å². The maximum absolute atomic E-state index is 14.1. The van der Waals surface area contributed by atoms with Crippen LogP contribution in [0.5, 0.6) is 5.75 Å². The van der Waals surface area contributed by atoms with E-state index in [0.29, 0.717) is 61.8 Å². The first kappa shape index (κ1) is 19.4. The maximum atomic E-state index is 14.1. The molecule has 6 nitrogen and oxygen atoms in total. The summed E-state index contributed by atoms with van der Waals surface area (Å²) < 4.78 is 19.7. The highest BCUT2D eigenvalue weighted by Gasteiger charge is 2.09. The van der Waals surface area contributed by atoms with Gasteiger partial charge in [0.25, 0.3) is 0 Å². The fourth-order valence-electron chi connectivity index (χ4n) is 2.59. The molecule has 28 heavy (non-hydrogen) atoms. The minimum Gasteiger partial charge on any atom is -0.492 e. The zero-order chi connectivity index (χ0) is 19.8. The number of nitrogens with zero attached hydrogens (tertiary/aromatic N) is 2. The number of carbonyl (C=O) groups excluding carboxylic acids is 1. The van der Waals surface area contributed by atoms with E-state index in [4.69, 9.17) is 4.74 Å². The summed E-state index contributed by atoms with van der Waals surface area (Å²) >= 11 is 0. The Labute approximate surface area is 163 Å². The van der Waals surface area contributed by atoms with Crippen LogP contribution in [0.2, 0.25) is 0 Å². The molecule has 3 aliphatic rings. The van der Waals surface area contributed by atoms with Gasteiger partial charge in [-0.2, -0.15) is 4.39 Å². The van der Waals surface area contributed by atoms with E-state index in [0.717, 1.165) is 5.57 Å². The SMILES string of the molecule is CC1=CC=C=C2C#CC(=NC2)NCCNC(=O)CCCOc2cnc(F)c1c2. The van der Waals surface area contributed by atoms with Crippen LogP contribution in [-0.2, 0) is 4.79 Å². The first-order chi connectivity index (χ1) is 13.6. The number of fused-ring (bicyclic) bond motifs is 10. The molecular formula is C21H21FN4O2. The van der Waals surface area contributed by atoms with Gasteiger partial charge in [-0.05, 0) is 37.0 Å². The monoisotopic (exact) mass is 380 g/mol. The average Bonchev–Trinajstić information content (AvgIpc) is 2.70. The lowest BCUT2D eigenvalue weighted by atomic mass is 10.1. The largest absolute Gasteiger partial charge is 0.492 e. The third-order valence-electron chi connectivity index (χ3n) is 4.11. The van der Waals surface area contributed by atoms with Crippen LogP contribution in [0.15, 0.2) is 40.7 Å².